The molecule has 0 bridgehead atoms. The van der Waals surface area contributed by atoms with E-state index in [1.807, 2.05) is 0 Å². The molecule has 1 amide bonds. The minimum Gasteiger partial charge on any atom is -0.384 e. The summed E-state index contributed by atoms with van der Waals surface area (Å²) in [5.74, 6) is -0.338. The van der Waals surface area contributed by atoms with Crippen molar-refractivity contribution in [1.29, 1.82) is 0 Å². The summed E-state index contributed by atoms with van der Waals surface area (Å²) in [6.07, 6.45) is -4.08. The lowest BCUT2D eigenvalue weighted by atomic mass is 9.78. The highest BCUT2D eigenvalue weighted by Gasteiger charge is 2.39. The molecule has 0 radical (unpaired) electrons. The van der Waals surface area contributed by atoms with E-state index >= 15 is 0 Å². The lowest BCUT2D eigenvalue weighted by Crippen LogP contribution is -2.50. The third-order valence-corrected chi connectivity index (χ3v) is 3.16. The van der Waals surface area contributed by atoms with Gasteiger partial charge < -0.3 is 15.4 Å². The number of hydrogen-bond donors (Lipinski definition) is 2. The van der Waals surface area contributed by atoms with Crippen LogP contribution in [0.3, 0.4) is 0 Å². The summed E-state index contributed by atoms with van der Waals surface area (Å²) in [5, 5.41) is 5.49. The van der Waals surface area contributed by atoms with Crippen LogP contribution in [0, 0.1) is 5.41 Å². The van der Waals surface area contributed by atoms with Gasteiger partial charge in [0.2, 0.25) is 5.91 Å². The molecule has 0 atom stereocenters. The molecule has 19 heavy (non-hydrogen) atoms. The number of nitrogens with one attached hydrogen (secondary N) is 2. The second-order valence-corrected chi connectivity index (χ2v) is 4.58. The highest BCUT2D eigenvalue weighted by molar-refractivity contribution is 5.85. The number of ether oxygens (including phenoxy) is 1. The van der Waals surface area contributed by atoms with Gasteiger partial charge in [-0.1, -0.05) is 0 Å². The van der Waals surface area contributed by atoms with E-state index in [4.69, 9.17) is 4.74 Å². The van der Waals surface area contributed by atoms with Gasteiger partial charge in [0, 0.05) is 13.7 Å². The van der Waals surface area contributed by atoms with Crippen molar-refractivity contribution in [1.82, 2.24) is 10.6 Å². The van der Waals surface area contributed by atoms with Gasteiger partial charge in [-0.25, -0.2) is 0 Å². The van der Waals surface area contributed by atoms with E-state index in [1.165, 1.54) is 7.11 Å². The van der Waals surface area contributed by atoms with Crippen LogP contribution in [0.4, 0.5) is 13.2 Å². The van der Waals surface area contributed by atoms with Gasteiger partial charge in [0.05, 0.1) is 18.4 Å². The Morgan fingerprint density at radius 2 is 1.95 bits per heavy atom. The standard InChI is InChI=1S/C11H19F3N2O2.ClH/c1-18-8-10(2-5-15-6-3-10)9(17)16-7-4-11(12,13)14;/h15H,2-8H2,1H3,(H,16,17);1H. The fraction of sp³-hybridized carbons (Fsp3) is 0.909. The van der Waals surface area contributed by atoms with Crippen LogP contribution in [0.5, 0.6) is 0 Å². The summed E-state index contributed by atoms with van der Waals surface area (Å²) in [6.45, 7) is 1.22. The van der Waals surface area contributed by atoms with E-state index in [2.05, 4.69) is 10.6 Å². The summed E-state index contributed by atoms with van der Waals surface area (Å²) in [6, 6.07) is 0. The minimum absolute atomic E-state index is 0. The lowest BCUT2D eigenvalue weighted by molar-refractivity contribution is -0.141. The van der Waals surface area contributed by atoms with Gasteiger partial charge >= 0.3 is 6.18 Å². The maximum Gasteiger partial charge on any atom is 0.390 e. The molecule has 1 fully saturated rings. The number of methoxy groups -OCH3 is 1. The Bertz CT molecular complexity index is 276. The molecule has 1 aliphatic rings. The Morgan fingerprint density at radius 1 is 1.37 bits per heavy atom. The Labute approximate surface area is 116 Å². The van der Waals surface area contributed by atoms with E-state index in [0.29, 0.717) is 25.9 Å². The Balaban J connectivity index is 0.00000324. The maximum atomic E-state index is 12.0. The molecule has 0 spiro atoms. The zero-order valence-corrected chi connectivity index (χ0v) is 11.6. The van der Waals surface area contributed by atoms with Gasteiger partial charge in [0.15, 0.2) is 0 Å². The average Bonchev–Trinajstić information content (AvgIpc) is 2.29. The van der Waals surface area contributed by atoms with Crippen molar-refractivity contribution in [2.45, 2.75) is 25.4 Å². The molecule has 0 aromatic carbocycles. The number of carbonyl (C=O) groups excluding carboxylic acids is 1. The molecule has 1 heterocycles. The highest BCUT2D eigenvalue weighted by Crippen LogP contribution is 2.29. The molecule has 1 saturated heterocycles. The Morgan fingerprint density at radius 3 is 2.42 bits per heavy atom. The fourth-order valence-electron chi connectivity index (χ4n) is 2.12. The molecule has 0 aliphatic carbocycles. The molecule has 0 aromatic rings. The van der Waals surface area contributed by atoms with Crippen LogP contribution in [-0.4, -0.2) is 45.4 Å². The van der Waals surface area contributed by atoms with Gasteiger partial charge in [-0.3, -0.25) is 4.79 Å². The van der Waals surface area contributed by atoms with Crippen molar-refractivity contribution < 1.29 is 22.7 Å². The summed E-state index contributed by atoms with van der Waals surface area (Å²) in [4.78, 5) is 12.0. The molecule has 8 heteroatoms. The van der Waals surface area contributed by atoms with Crippen molar-refractivity contribution >= 4 is 18.3 Å². The van der Waals surface area contributed by atoms with Crippen LogP contribution < -0.4 is 10.6 Å². The van der Waals surface area contributed by atoms with Crippen molar-refractivity contribution in [3.05, 3.63) is 0 Å². The number of alkyl halides is 3. The number of hydrogen-bond acceptors (Lipinski definition) is 3. The predicted octanol–water partition coefficient (Wildman–Crippen LogP) is 1.49. The van der Waals surface area contributed by atoms with Gasteiger partial charge in [-0.2, -0.15) is 13.2 Å². The molecule has 1 rings (SSSR count). The fourth-order valence-corrected chi connectivity index (χ4v) is 2.12. The largest absolute Gasteiger partial charge is 0.390 e. The normalized spacial score (nSPS) is 18.5. The lowest BCUT2D eigenvalue weighted by Gasteiger charge is -2.35. The number of rotatable bonds is 5. The number of carbonyl (C=O) groups is 1. The zero-order valence-electron chi connectivity index (χ0n) is 10.8. The number of piperidine rings is 1. The van der Waals surface area contributed by atoms with Crippen LogP contribution in [0.25, 0.3) is 0 Å². The SMILES string of the molecule is COCC1(C(=O)NCCC(F)(F)F)CCNCC1.Cl. The van der Waals surface area contributed by atoms with Gasteiger partial charge in [-0.15, -0.1) is 12.4 Å². The molecule has 0 saturated carbocycles. The predicted molar refractivity (Wildman–Crippen MR) is 67.3 cm³/mol. The third kappa shape index (κ3) is 5.97. The van der Waals surface area contributed by atoms with Crippen LogP contribution in [0.1, 0.15) is 19.3 Å². The Hall–Kier alpha value is -0.530. The molecule has 0 aromatic heterocycles. The summed E-state index contributed by atoms with van der Waals surface area (Å²) in [7, 11) is 1.49. The number of amides is 1. The van der Waals surface area contributed by atoms with Gasteiger partial charge in [0.25, 0.3) is 0 Å². The first-order chi connectivity index (χ1) is 8.40. The molecular weight excluding hydrogens is 285 g/mol. The van der Waals surface area contributed by atoms with E-state index in [1.54, 1.807) is 0 Å². The third-order valence-electron chi connectivity index (χ3n) is 3.16. The van der Waals surface area contributed by atoms with E-state index < -0.39 is 18.0 Å². The topological polar surface area (TPSA) is 50.4 Å². The second-order valence-electron chi connectivity index (χ2n) is 4.58. The first-order valence-electron chi connectivity index (χ1n) is 5.94. The quantitative estimate of drug-likeness (QED) is 0.809. The second kappa shape index (κ2) is 7.91. The zero-order chi connectivity index (χ0) is 13.6. The highest BCUT2D eigenvalue weighted by atomic mass is 35.5. The van der Waals surface area contributed by atoms with Crippen LogP contribution in [0.2, 0.25) is 0 Å². The van der Waals surface area contributed by atoms with E-state index in [0.717, 1.165) is 0 Å². The number of halogens is 4. The van der Waals surface area contributed by atoms with E-state index in [9.17, 15) is 18.0 Å². The first kappa shape index (κ1) is 18.5. The minimum atomic E-state index is -4.24. The molecule has 0 unspecified atom stereocenters. The summed E-state index contributed by atoms with van der Waals surface area (Å²) in [5.41, 5.74) is -0.689. The van der Waals surface area contributed by atoms with Crippen LogP contribution in [0.15, 0.2) is 0 Å². The van der Waals surface area contributed by atoms with Crippen molar-refractivity contribution in [3.63, 3.8) is 0 Å². The molecule has 4 nitrogen and oxygen atoms in total. The molecule has 1 aliphatic heterocycles. The first-order valence-corrected chi connectivity index (χ1v) is 5.94. The molecule has 2 N–H and O–H groups in total. The van der Waals surface area contributed by atoms with Crippen molar-refractivity contribution in [3.8, 4) is 0 Å². The van der Waals surface area contributed by atoms with Gasteiger partial charge in [-0.05, 0) is 25.9 Å². The maximum absolute atomic E-state index is 12.0. The van der Waals surface area contributed by atoms with Gasteiger partial charge in [0.1, 0.15) is 0 Å². The smallest absolute Gasteiger partial charge is 0.384 e. The van der Waals surface area contributed by atoms with Crippen molar-refractivity contribution in [2.24, 2.45) is 5.41 Å². The van der Waals surface area contributed by atoms with E-state index in [-0.39, 0.29) is 31.5 Å². The average molecular weight is 305 g/mol. The monoisotopic (exact) mass is 304 g/mol. The Kier molecular flexibility index (Phi) is 7.69. The van der Waals surface area contributed by atoms with Crippen molar-refractivity contribution in [2.75, 3.05) is 33.4 Å². The summed E-state index contributed by atoms with van der Waals surface area (Å²) >= 11 is 0. The molecular formula is C11H20ClF3N2O2. The summed E-state index contributed by atoms with van der Waals surface area (Å²) < 4.78 is 41.1. The molecule has 114 valence electrons. The van der Waals surface area contributed by atoms with Crippen LogP contribution in [-0.2, 0) is 9.53 Å². The van der Waals surface area contributed by atoms with Crippen LogP contribution >= 0.6 is 12.4 Å².